The minimum Gasteiger partial charge on any atom is -0.507 e. The molecule has 7 heteroatoms. The van der Waals surface area contributed by atoms with Gasteiger partial charge in [0.05, 0.1) is 24.8 Å². The Morgan fingerprint density at radius 2 is 1.66 bits per heavy atom. The average molecular weight is 439 g/mol. The standard InChI is InChI=1S/C25H30N2O5/c1-5-31-19-12-10-17(11-13-19)22-21(24(29)25(30)27(22)15-14-26(3)4)23(28)18-8-7-9-20(16-18)32-6-2/h7-13,16,22,28H,5-6,14-15H2,1-4H3/b23-21-. The zero-order valence-electron chi connectivity index (χ0n) is 19.0. The number of likely N-dealkylation sites (tertiary alicyclic amines) is 1. The van der Waals surface area contributed by atoms with Gasteiger partial charge in [0.25, 0.3) is 11.7 Å². The van der Waals surface area contributed by atoms with E-state index in [2.05, 4.69) is 0 Å². The number of carbonyl (C=O) groups is 2. The van der Waals surface area contributed by atoms with Crippen molar-refractivity contribution in [3.05, 3.63) is 65.2 Å². The first-order valence-electron chi connectivity index (χ1n) is 10.8. The molecule has 1 unspecified atom stereocenters. The molecule has 1 aliphatic rings. The van der Waals surface area contributed by atoms with Crippen LogP contribution in [0.4, 0.5) is 0 Å². The van der Waals surface area contributed by atoms with Gasteiger partial charge in [0.1, 0.15) is 17.3 Å². The number of nitrogens with zero attached hydrogens (tertiary/aromatic N) is 2. The lowest BCUT2D eigenvalue weighted by Crippen LogP contribution is -2.35. The van der Waals surface area contributed by atoms with E-state index in [4.69, 9.17) is 9.47 Å². The molecule has 1 fully saturated rings. The molecular weight excluding hydrogens is 408 g/mol. The molecular formula is C25H30N2O5. The summed E-state index contributed by atoms with van der Waals surface area (Å²) in [6, 6.07) is 13.5. The Labute approximate surface area is 188 Å². The third-order valence-electron chi connectivity index (χ3n) is 5.25. The van der Waals surface area contributed by atoms with Crippen LogP contribution in [0.1, 0.15) is 31.0 Å². The summed E-state index contributed by atoms with van der Waals surface area (Å²) in [7, 11) is 3.81. The molecule has 32 heavy (non-hydrogen) atoms. The van der Waals surface area contributed by atoms with Crippen molar-refractivity contribution in [2.45, 2.75) is 19.9 Å². The van der Waals surface area contributed by atoms with Gasteiger partial charge in [-0.05, 0) is 57.8 Å². The summed E-state index contributed by atoms with van der Waals surface area (Å²) >= 11 is 0. The molecule has 170 valence electrons. The van der Waals surface area contributed by atoms with Crippen LogP contribution in [0.3, 0.4) is 0 Å². The van der Waals surface area contributed by atoms with E-state index in [-0.39, 0.29) is 11.3 Å². The molecule has 7 nitrogen and oxygen atoms in total. The van der Waals surface area contributed by atoms with E-state index >= 15 is 0 Å². The quantitative estimate of drug-likeness (QED) is 0.367. The highest BCUT2D eigenvalue weighted by atomic mass is 16.5. The van der Waals surface area contributed by atoms with E-state index in [0.29, 0.717) is 43.4 Å². The minimum atomic E-state index is -0.693. The maximum absolute atomic E-state index is 13.1. The van der Waals surface area contributed by atoms with Crippen molar-refractivity contribution < 1.29 is 24.2 Å². The Morgan fingerprint density at radius 1 is 1.00 bits per heavy atom. The van der Waals surface area contributed by atoms with Crippen molar-refractivity contribution in [3.8, 4) is 11.5 Å². The van der Waals surface area contributed by atoms with Gasteiger partial charge in [0.15, 0.2) is 0 Å². The fraction of sp³-hybridized carbons (Fsp3) is 0.360. The molecule has 1 N–H and O–H groups in total. The number of ether oxygens (including phenoxy) is 2. The maximum Gasteiger partial charge on any atom is 0.295 e. The number of hydrogen-bond acceptors (Lipinski definition) is 6. The zero-order chi connectivity index (χ0) is 23.3. The van der Waals surface area contributed by atoms with E-state index in [1.54, 1.807) is 36.4 Å². The van der Waals surface area contributed by atoms with Crippen molar-refractivity contribution in [1.29, 1.82) is 0 Å². The van der Waals surface area contributed by atoms with E-state index in [1.807, 2.05) is 45.0 Å². The molecule has 0 bridgehead atoms. The number of hydrogen-bond donors (Lipinski definition) is 1. The summed E-state index contributed by atoms with van der Waals surface area (Å²) in [4.78, 5) is 29.5. The fourth-order valence-corrected chi connectivity index (χ4v) is 3.73. The van der Waals surface area contributed by atoms with Gasteiger partial charge in [-0.25, -0.2) is 0 Å². The number of carbonyl (C=O) groups excluding carboxylic acids is 2. The molecule has 1 atom stereocenters. The van der Waals surface area contributed by atoms with Gasteiger partial charge in [-0.3, -0.25) is 9.59 Å². The van der Waals surface area contributed by atoms with Crippen molar-refractivity contribution in [2.24, 2.45) is 0 Å². The van der Waals surface area contributed by atoms with Crippen LogP contribution in [0.2, 0.25) is 0 Å². The van der Waals surface area contributed by atoms with Crippen LogP contribution in [0, 0.1) is 0 Å². The predicted octanol–water partition coefficient (Wildman–Crippen LogP) is 3.47. The summed E-state index contributed by atoms with van der Waals surface area (Å²) < 4.78 is 11.0. The van der Waals surface area contributed by atoms with Crippen LogP contribution in [0.25, 0.3) is 5.76 Å². The van der Waals surface area contributed by atoms with Crippen molar-refractivity contribution in [1.82, 2.24) is 9.80 Å². The predicted molar refractivity (Wildman–Crippen MR) is 123 cm³/mol. The smallest absolute Gasteiger partial charge is 0.295 e. The zero-order valence-corrected chi connectivity index (χ0v) is 19.0. The Morgan fingerprint density at radius 3 is 2.28 bits per heavy atom. The second-order valence-corrected chi connectivity index (χ2v) is 7.76. The minimum absolute atomic E-state index is 0.0755. The molecule has 0 aromatic heterocycles. The van der Waals surface area contributed by atoms with Gasteiger partial charge in [-0.15, -0.1) is 0 Å². The Hall–Kier alpha value is -3.32. The summed E-state index contributed by atoms with van der Waals surface area (Å²) in [6.45, 7) is 5.73. The molecule has 0 aliphatic carbocycles. The molecule has 1 aliphatic heterocycles. The highest BCUT2D eigenvalue weighted by molar-refractivity contribution is 6.46. The number of aliphatic hydroxyl groups is 1. The largest absolute Gasteiger partial charge is 0.507 e. The SMILES string of the molecule is CCOc1ccc(C2/C(=C(/O)c3cccc(OCC)c3)C(=O)C(=O)N2CCN(C)C)cc1. The molecule has 0 radical (unpaired) electrons. The molecule has 2 aromatic carbocycles. The summed E-state index contributed by atoms with van der Waals surface area (Å²) in [6.07, 6.45) is 0. The molecule has 1 saturated heterocycles. The summed E-state index contributed by atoms with van der Waals surface area (Å²) in [5.74, 6) is -0.242. The van der Waals surface area contributed by atoms with Gasteiger partial charge in [-0.2, -0.15) is 0 Å². The van der Waals surface area contributed by atoms with E-state index in [9.17, 15) is 14.7 Å². The average Bonchev–Trinajstić information content (AvgIpc) is 3.03. The first-order valence-corrected chi connectivity index (χ1v) is 10.8. The van der Waals surface area contributed by atoms with E-state index in [0.717, 1.165) is 5.56 Å². The van der Waals surface area contributed by atoms with Crippen LogP contribution in [0.5, 0.6) is 11.5 Å². The van der Waals surface area contributed by atoms with Crippen LogP contribution < -0.4 is 9.47 Å². The number of amides is 1. The number of ketones is 1. The third kappa shape index (κ3) is 4.94. The molecule has 1 amide bonds. The van der Waals surface area contributed by atoms with E-state index < -0.39 is 17.7 Å². The molecule has 0 spiro atoms. The Balaban J connectivity index is 2.10. The van der Waals surface area contributed by atoms with Crippen LogP contribution in [-0.2, 0) is 9.59 Å². The maximum atomic E-state index is 13.1. The highest BCUT2D eigenvalue weighted by Crippen LogP contribution is 2.40. The summed E-state index contributed by atoms with van der Waals surface area (Å²) in [5.41, 5.74) is 1.23. The number of aliphatic hydroxyl groups excluding tert-OH is 1. The van der Waals surface area contributed by atoms with Gasteiger partial charge < -0.3 is 24.4 Å². The first kappa shape index (κ1) is 23.3. The number of likely N-dealkylation sites (N-methyl/N-ethyl adjacent to an activating group) is 1. The van der Waals surface area contributed by atoms with Gasteiger partial charge in [0, 0.05) is 18.7 Å². The molecule has 0 saturated carbocycles. The number of rotatable bonds is 9. The third-order valence-corrected chi connectivity index (χ3v) is 5.25. The van der Waals surface area contributed by atoms with Crippen molar-refractivity contribution >= 4 is 17.4 Å². The number of benzene rings is 2. The Kier molecular flexibility index (Phi) is 7.53. The van der Waals surface area contributed by atoms with Crippen LogP contribution >= 0.6 is 0 Å². The molecule has 1 heterocycles. The first-order chi connectivity index (χ1) is 15.4. The molecule has 2 aromatic rings. The van der Waals surface area contributed by atoms with Crippen LogP contribution in [0.15, 0.2) is 54.1 Å². The van der Waals surface area contributed by atoms with Gasteiger partial charge >= 0.3 is 0 Å². The normalized spacial score (nSPS) is 17.8. The number of Topliss-reactive ketones (excluding diaryl/α,β-unsaturated/α-hetero) is 1. The van der Waals surface area contributed by atoms with Crippen molar-refractivity contribution in [3.63, 3.8) is 0 Å². The van der Waals surface area contributed by atoms with E-state index in [1.165, 1.54) is 4.90 Å². The second kappa shape index (κ2) is 10.3. The van der Waals surface area contributed by atoms with Crippen molar-refractivity contribution in [2.75, 3.05) is 40.4 Å². The second-order valence-electron chi connectivity index (χ2n) is 7.76. The Bertz CT molecular complexity index is 998. The topological polar surface area (TPSA) is 79.3 Å². The highest BCUT2D eigenvalue weighted by Gasteiger charge is 2.45. The lowest BCUT2D eigenvalue weighted by Gasteiger charge is -2.26. The lowest BCUT2D eigenvalue weighted by atomic mass is 9.95. The monoisotopic (exact) mass is 438 g/mol. The van der Waals surface area contributed by atoms with Gasteiger partial charge in [0.2, 0.25) is 0 Å². The fourth-order valence-electron chi connectivity index (χ4n) is 3.73. The van der Waals surface area contributed by atoms with Crippen LogP contribution in [-0.4, -0.2) is 67.0 Å². The lowest BCUT2D eigenvalue weighted by molar-refractivity contribution is -0.140. The van der Waals surface area contributed by atoms with Gasteiger partial charge in [-0.1, -0.05) is 24.3 Å². The summed E-state index contributed by atoms with van der Waals surface area (Å²) in [5, 5.41) is 11.2. The molecule has 3 rings (SSSR count).